The van der Waals surface area contributed by atoms with Crippen molar-refractivity contribution in [3.8, 4) is 12.3 Å². The first-order chi connectivity index (χ1) is 10.5. The molecule has 0 N–H and O–H groups in total. The maximum atomic E-state index is 12.7. The molecule has 0 saturated heterocycles. The van der Waals surface area contributed by atoms with Crippen molar-refractivity contribution in [1.29, 1.82) is 0 Å². The molecule has 0 aromatic heterocycles. The number of nitro benzene ring substituents is 1. The lowest BCUT2D eigenvalue weighted by Gasteiger charge is -2.26. The fourth-order valence-corrected chi connectivity index (χ4v) is 4.57. The molecule has 6 nitrogen and oxygen atoms in total. The summed E-state index contributed by atoms with van der Waals surface area (Å²) >= 11 is 0. The minimum atomic E-state index is -3.69. The average molecular weight is 322 g/mol. The van der Waals surface area contributed by atoms with E-state index in [4.69, 9.17) is 6.42 Å². The Morgan fingerprint density at radius 3 is 2.55 bits per heavy atom. The maximum absolute atomic E-state index is 12.7. The van der Waals surface area contributed by atoms with Crippen LogP contribution in [0.5, 0.6) is 0 Å². The van der Waals surface area contributed by atoms with Crippen molar-refractivity contribution in [2.24, 2.45) is 0 Å². The molecule has 2 rings (SSSR count). The van der Waals surface area contributed by atoms with Gasteiger partial charge in [-0.05, 0) is 12.8 Å². The first-order valence-corrected chi connectivity index (χ1v) is 8.72. The quantitative estimate of drug-likeness (QED) is 0.457. The summed E-state index contributed by atoms with van der Waals surface area (Å²) in [4.78, 5) is 10.5. The Kier molecular flexibility index (Phi) is 5.16. The van der Waals surface area contributed by atoms with Gasteiger partial charge in [0, 0.05) is 17.7 Å². The Bertz CT molecular complexity index is 688. The van der Waals surface area contributed by atoms with Crippen LogP contribution in [-0.4, -0.2) is 30.2 Å². The molecule has 22 heavy (non-hydrogen) atoms. The van der Waals surface area contributed by atoms with Crippen LogP contribution in [0.4, 0.5) is 5.69 Å². The maximum Gasteiger partial charge on any atom is 0.273 e. The van der Waals surface area contributed by atoms with Gasteiger partial charge in [0.1, 0.15) is 0 Å². The molecular weight excluding hydrogens is 304 g/mol. The van der Waals surface area contributed by atoms with Crippen LogP contribution in [0.15, 0.2) is 24.3 Å². The molecule has 0 spiro atoms. The highest BCUT2D eigenvalue weighted by atomic mass is 32.2. The monoisotopic (exact) mass is 322 g/mol. The van der Waals surface area contributed by atoms with Gasteiger partial charge in [0.25, 0.3) is 5.69 Å². The van der Waals surface area contributed by atoms with E-state index < -0.39 is 20.7 Å². The Morgan fingerprint density at radius 2 is 1.95 bits per heavy atom. The van der Waals surface area contributed by atoms with Crippen molar-refractivity contribution >= 4 is 15.7 Å². The van der Waals surface area contributed by atoms with Gasteiger partial charge in [-0.1, -0.05) is 37.0 Å². The number of hydrogen-bond donors (Lipinski definition) is 0. The molecule has 0 heterocycles. The van der Waals surface area contributed by atoms with E-state index in [1.807, 2.05) is 0 Å². The summed E-state index contributed by atoms with van der Waals surface area (Å²) in [5, 5.41) is 11.0. The number of hydrogen-bond acceptors (Lipinski definition) is 4. The van der Waals surface area contributed by atoms with Gasteiger partial charge in [0.2, 0.25) is 10.0 Å². The fraction of sp³-hybridized carbons (Fsp3) is 0.467. The summed E-state index contributed by atoms with van der Waals surface area (Å²) in [6, 6.07) is 5.80. The number of nitrogens with zero attached hydrogens (tertiary/aromatic N) is 2. The number of para-hydroxylation sites is 1. The van der Waals surface area contributed by atoms with Gasteiger partial charge in [-0.15, -0.1) is 6.42 Å². The third-order valence-corrected chi connectivity index (χ3v) is 5.68. The van der Waals surface area contributed by atoms with E-state index >= 15 is 0 Å². The van der Waals surface area contributed by atoms with Gasteiger partial charge in [-0.2, -0.15) is 4.31 Å². The summed E-state index contributed by atoms with van der Waals surface area (Å²) in [5.74, 6) is 1.99. The summed E-state index contributed by atoms with van der Waals surface area (Å²) < 4.78 is 26.6. The topological polar surface area (TPSA) is 80.5 Å². The Labute approximate surface area is 130 Å². The average Bonchev–Trinajstić information content (AvgIpc) is 2.98. The van der Waals surface area contributed by atoms with Crippen molar-refractivity contribution in [3.05, 3.63) is 39.9 Å². The highest BCUT2D eigenvalue weighted by Crippen LogP contribution is 2.28. The molecule has 118 valence electrons. The SMILES string of the molecule is C#CCN(C1CCCC1)S(=O)(=O)Cc1ccccc1[N+](=O)[O-]. The molecule has 0 bridgehead atoms. The van der Waals surface area contributed by atoms with Crippen molar-refractivity contribution in [3.63, 3.8) is 0 Å². The normalized spacial score (nSPS) is 15.8. The smallest absolute Gasteiger partial charge is 0.258 e. The van der Waals surface area contributed by atoms with Gasteiger partial charge in [-0.3, -0.25) is 10.1 Å². The van der Waals surface area contributed by atoms with Gasteiger partial charge < -0.3 is 0 Å². The van der Waals surface area contributed by atoms with Gasteiger partial charge in [0.15, 0.2) is 0 Å². The lowest BCUT2D eigenvalue weighted by molar-refractivity contribution is -0.385. The third kappa shape index (κ3) is 3.64. The first-order valence-electron chi connectivity index (χ1n) is 7.11. The number of nitro groups is 1. The van der Waals surface area contributed by atoms with Crippen LogP contribution in [0, 0.1) is 22.5 Å². The molecule has 1 saturated carbocycles. The summed E-state index contributed by atoms with van der Waals surface area (Å²) in [5.41, 5.74) is 0.00525. The van der Waals surface area contributed by atoms with Crippen molar-refractivity contribution < 1.29 is 13.3 Å². The fourth-order valence-electron chi connectivity index (χ4n) is 2.83. The molecule has 0 aliphatic heterocycles. The minimum Gasteiger partial charge on any atom is -0.258 e. The predicted octanol–water partition coefficient (Wildman–Crippen LogP) is 2.30. The third-order valence-electron chi connectivity index (χ3n) is 3.86. The second-order valence-corrected chi connectivity index (χ2v) is 7.25. The first kappa shape index (κ1) is 16.5. The van der Waals surface area contributed by atoms with E-state index in [1.165, 1.54) is 22.5 Å². The van der Waals surface area contributed by atoms with Crippen LogP contribution in [0.2, 0.25) is 0 Å². The summed E-state index contributed by atoms with van der Waals surface area (Å²) in [6.07, 6.45) is 8.84. The van der Waals surface area contributed by atoms with E-state index in [2.05, 4.69) is 5.92 Å². The summed E-state index contributed by atoms with van der Waals surface area (Å²) in [6.45, 7) is 0.00757. The van der Waals surface area contributed by atoms with Crippen LogP contribution in [-0.2, 0) is 15.8 Å². The van der Waals surface area contributed by atoms with Crippen LogP contribution in [0.25, 0.3) is 0 Å². The number of rotatable bonds is 6. The van der Waals surface area contributed by atoms with Gasteiger partial charge in [0.05, 0.1) is 17.2 Å². The lowest BCUT2D eigenvalue weighted by Crippen LogP contribution is -2.39. The largest absolute Gasteiger partial charge is 0.273 e. The Morgan fingerprint density at radius 1 is 1.32 bits per heavy atom. The molecular formula is C15H18N2O4S. The highest BCUT2D eigenvalue weighted by molar-refractivity contribution is 7.88. The van der Waals surface area contributed by atoms with E-state index in [0.717, 1.165) is 25.7 Å². The van der Waals surface area contributed by atoms with Crippen molar-refractivity contribution in [1.82, 2.24) is 4.31 Å². The zero-order valence-corrected chi connectivity index (χ0v) is 13.0. The number of sulfonamides is 1. The van der Waals surface area contributed by atoms with Crippen molar-refractivity contribution in [2.45, 2.75) is 37.5 Å². The summed E-state index contributed by atoms with van der Waals surface area (Å²) in [7, 11) is -3.69. The number of benzene rings is 1. The number of terminal acetylenes is 1. The standard InChI is InChI=1S/C15H18N2O4S/c1-2-11-16(14-8-4-5-9-14)22(20,21)12-13-7-3-6-10-15(13)17(18)19/h1,3,6-7,10,14H,4-5,8-9,11-12H2. The molecule has 0 atom stereocenters. The molecule has 1 fully saturated rings. The molecule has 7 heteroatoms. The van der Waals surface area contributed by atoms with E-state index in [9.17, 15) is 18.5 Å². The molecule has 1 aromatic carbocycles. The van der Waals surface area contributed by atoms with Crippen LogP contribution in [0.3, 0.4) is 0 Å². The molecule has 0 amide bonds. The van der Waals surface area contributed by atoms with Gasteiger partial charge >= 0.3 is 0 Å². The van der Waals surface area contributed by atoms with E-state index in [-0.39, 0.29) is 23.8 Å². The van der Waals surface area contributed by atoms with Crippen LogP contribution >= 0.6 is 0 Å². The lowest BCUT2D eigenvalue weighted by atomic mass is 10.2. The zero-order chi connectivity index (χ0) is 16.2. The highest BCUT2D eigenvalue weighted by Gasteiger charge is 2.32. The second-order valence-electron chi connectivity index (χ2n) is 5.33. The Hall–Kier alpha value is -1.91. The zero-order valence-electron chi connectivity index (χ0n) is 12.1. The molecule has 0 radical (unpaired) electrons. The Balaban J connectivity index is 2.29. The van der Waals surface area contributed by atoms with Crippen LogP contribution in [0.1, 0.15) is 31.2 Å². The molecule has 1 aliphatic rings. The van der Waals surface area contributed by atoms with E-state index in [1.54, 1.807) is 6.07 Å². The second kappa shape index (κ2) is 6.90. The van der Waals surface area contributed by atoms with Crippen molar-refractivity contribution in [2.75, 3.05) is 6.54 Å². The van der Waals surface area contributed by atoms with Gasteiger partial charge in [-0.25, -0.2) is 8.42 Å². The molecule has 1 aliphatic carbocycles. The van der Waals surface area contributed by atoms with E-state index in [0.29, 0.717) is 0 Å². The minimum absolute atomic E-state index is 0.00757. The molecule has 1 aromatic rings. The predicted molar refractivity (Wildman–Crippen MR) is 83.5 cm³/mol. The molecule has 0 unspecified atom stereocenters. The van der Waals surface area contributed by atoms with Crippen LogP contribution < -0.4 is 0 Å².